The van der Waals surface area contributed by atoms with Gasteiger partial charge in [0.25, 0.3) is 0 Å². The molecule has 0 spiro atoms. The number of rotatable bonds is 2. The van der Waals surface area contributed by atoms with Crippen molar-refractivity contribution >= 4 is 5.97 Å². The van der Waals surface area contributed by atoms with Crippen molar-refractivity contribution in [2.45, 2.75) is 31.4 Å². The van der Waals surface area contributed by atoms with Gasteiger partial charge in [0, 0.05) is 24.1 Å². The van der Waals surface area contributed by atoms with E-state index in [1.807, 2.05) is 24.3 Å². The zero-order valence-corrected chi connectivity index (χ0v) is 11.5. The largest absolute Gasteiger partial charge is 0.457 e. The van der Waals surface area contributed by atoms with Gasteiger partial charge in [-0.05, 0) is 37.1 Å². The van der Waals surface area contributed by atoms with Crippen molar-refractivity contribution in [2.75, 3.05) is 6.54 Å². The lowest BCUT2D eigenvalue weighted by molar-refractivity contribution is 0.0173. The summed E-state index contributed by atoms with van der Waals surface area (Å²) in [6.45, 7) is 1.00. The number of ether oxygens (including phenoxy) is 1. The van der Waals surface area contributed by atoms with E-state index in [2.05, 4.69) is 10.5 Å². The molecule has 1 aromatic heterocycles. The highest BCUT2D eigenvalue weighted by Gasteiger charge is 2.33. The Morgan fingerprint density at radius 3 is 3.00 bits per heavy atom. The van der Waals surface area contributed by atoms with Crippen LogP contribution in [0.15, 0.2) is 35.0 Å². The monoisotopic (exact) mass is 284 g/mol. The SMILES string of the molecule is O=C1O[C@H]([C@@H]2CCCN2)Cc2cc(-c3ccno3)ccc21. The van der Waals surface area contributed by atoms with Crippen molar-refractivity contribution in [1.82, 2.24) is 10.5 Å². The van der Waals surface area contributed by atoms with Crippen LogP contribution < -0.4 is 5.32 Å². The lowest BCUT2D eigenvalue weighted by Crippen LogP contribution is -2.42. The highest BCUT2D eigenvalue weighted by molar-refractivity contribution is 5.93. The van der Waals surface area contributed by atoms with Gasteiger partial charge in [-0.2, -0.15) is 0 Å². The van der Waals surface area contributed by atoms with Crippen molar-refractivity contribution in [2.24, 2.45) is 0 Å². The van der Waals surface area contributed by atoms with Crippen LogP contribution in [-0.4, -0.2) is 29.8 Å². The van der Waals surface area contributed by atoms with Crippen LogP contribution in [0.4, 0.5) is 0 Å². The highest BCUT2D eigenvalue weighted by atomic mass is 16.5. The number of carbonyl (C=O) groups excluding carboxylic acids is 1. The van der Waals surface area contributed by atoms with Gasteiger partial charge in [-0.15, -0.1) is 0 Å². The summed E-state index contributed by atoms with van der Waals surface area (Å²) >= 11 is 0. The molecule has 1 aromatic carbocycles. The molecule has 2 aliphatic heterocycles. The molecule has 2 aromatic rings. The Morgan fingerprint density at radius 1 is 1.29 bits per heavy atom. The Hall–Kier alpha value is -2.14. The molecule has 0 aliphatic carbocycles. The molecule has 0 saturated carbocycles. The van der Waals surface area contributed by atoms with Gasteiger partial charge in [0.2, 0.25) is 0 Å². The summed E-state index contributed by atoms with van der Waals surface area (Å²) < 4.78 is 10.8. The van der Waals surface area contributed by atoms with Crippen molar-refractivity contribution < 1.29 is 14.1 Å². The van der Waals surface area contributed by atoms with E-state index in [0.717, 1.165) is 36.9 Å². The number of esters is 1. The van der Waals surface area contributed by atoms with E-state index in [1.54, 1.807) is 6.20 Å². The number of fused-ring (bicyclic) bond motifs is 1. The maximum absolute atomic E-state index is 12.2. The molecular weight excluding hydrogens is 268 g/mol. The molecule has 0 unspecified atom stereocenters. The molecule has 2 aliphatic rings. The molecule has 1 N–H and O–H groups in total. The van der Waals surface area contributed by atoms with E-state index in [1.165, 1.54) is 0 Å². The van der Waals surface area contributed by atoms with Crippen LogP contribution in [0.1, 0.15) is 28.8 Å². The fourth-order valence-corrected chi connectivity index (χ4v) is 3.19. The van der Waals surface area contributed by atoms with Gasteiger partial charge < -0.3 is 14.6 Å². The van der Waals surface area contributed by atoms with Crippen molar-refractivity contribution in [3.05, 3.63) is 41.6 Å². The first-order valence-corrected chi connectivity index (χ1v) is 7.29. The number of nitrogens with zero attached hydrogens (tertiary/aromatic N) is 1. The van der Waals surface area contributed by atoms with Gasteiger partial charge >= 0.3 is 5.97 Å². The number of benzene rings is 1. The Labute approximate surface area is 122 Å². The van der Waals surface area contributed by atoms with Crippen LogP contribution in [0.25, 0.3) is 11.3 Å². The van der Waals surface area contributed by atoms with Gasteiger partial charge in [-0.3, -0.25) is 0 Å². The average molecular weight is 284 g/mol. The first kappa shape index (κ1) is 12.6. The van der Waals surface area contributed by atoms with Crippen LogP contribution in [0.2, 0.25) is 0 Å². The summed E-state index contributed by atoms with van der Waals surface area (Å²) in [7, 11) is 0. The number of aromatic nitrogens is 1. The molecule has 5 nitrogen and oxygen atoms in total. The minimum Gasteiger partial charge on any atom is -0.457 e. The zero-order chi connectivity index (χ0) is 14.2. The maximum atomic E-state index is 12.2. The summed E-state index contributed by atoms with van der Waals surface area (Å²) in [5.41, 5.74) is 2.63. The van der Waals surface area contributed by atoms with Crippen LogP contribution in [-0.2, 0) is 11.2 Å². The molecule has 0 radical (unpaired) electrons. The molecule has 5 heteroatoms. The average Bonchev–Trinajstić information content (AvgIpc) is 3.20. The Kier molecular flexibility index (Phi) is 3.00. The lowest BCUT2D eigenvalue weighted by Gasteiger charge is -2.29. The minimum absolute atomic E-state index is 0.0718. The Morgan fingerprint density at radius 2 is 2.24 bits per heavy atom. The van der Waals surface area contributed by atoms with Crippen LogP contribution in [0.3, 0.4) is 0 Å². The maximum Gasteiger partial charge on any atom is 0.338 e. The third kappa shape index (κ3) is 2.23. The van der Waals surface area contributed by atoms with E-state index in [9.17, 15) is 4.79 Å². The van der Waals surface area contributed by atoms with Crippen molar-refractivity contribution in [3.63, 3.8) is 0 Å². The van der Waals surface area contributed by atoms with Gasteiger partial charge in [-0.25, -0.2) is 4.79 Å². The molecule has 0 bridgehead atoms. The third-order valence-electron chi connectivity index (χ3n) is 4.27. The predicted octanol–water partition coefficient (Wildman–Crippen LogP) is 2.18. The standard InChI is InChI=1S/C16H16N2O3/c19-16-12-4-3-10(14-5-7-18-21-14)8-11(12)9-15(20-16)13-2-1-6-17-13/h3-5,7-8,13,15,17H,1-2,6,9H2/t13-,15-/m0/s1. The van der Waals surface area contributed by atoms with Gasteiger partial charge in [0.15, 0.2) is 5.76 Å². The predicted molar refractivity (Wildman–Crippen MR) is 75.9 cm³/mol. The fourth-order valence-electron chi connectivity index (χ4n) is 3.19. The van der Waals surface area contributed by atoms with Gasteiger partial charge in [-0.1, -0.05) is 11.2 Å². The fraction of sp³-hybridized carbons (Fsp3) is 0.375. The van der Waals surface area contributed by atoms with E-state index in [4.69, 9.17) is 9.26 Å². The van der Waals surface area contributed by atoms with Crippen LogP contribution in [0, 0.1) is 0 Å². The highest BCUT2D eigenvalue weighted by Crippen LogP contribution is 2.29. The van der Waals surface area contributed by atoms with E-state index >= 15 is 0 Å². The number of hydrogen-bond acceptors (Lipinski definition) is 5. The second kappa shape index (κ2) is 5.00. The number of cyclic esters (lactones) is 1. The zero-order valence-electron chi connectivity index (χ0n) is 11.5. The normalized spacial score (nSPS) is 24.7. The van der Waals surface area contributed by atoms with Crippen LogP contribution in [0.5, 0.6) is 0 Å². The summed E-state index contributed by atoms with van der Waals surface area (Å²) in [5, 5.41) is 7.14. The van der Waals surface area contributed by atoms with E-state index < -0.39 is 0 Å². The molecule has 108 valence electrons. The topological polar surface area (TPSA) is 64.4 Å². The number of carbonyl (C=O) groups is 1. The molecule has 4 rings (SSSR count). The third-order valence-corrected chi connectivity index (χ3v) is 4.27. The van der Waals surface area contributed by atoms with E-state index in [-0.39, 0.29) is 18.1 Å². The number of hydrogen-bond donors (Lipinski definition) is 1. The quantitative estimate of drug-likeness (QED) is 0.856. The number of nitrogens with one attached hydrogen (secondary N) is 1. The molecular formula is C16H16N2O3. The van der Waals surface area contributed by atoms with Crippen LogP contribution >= 0.6 is 0 Å². The first-order valence-electron chi connectivity index (χ1n) is 7.29. The smallest absolute Gasteiger partial charge is 0.338 e. The van der Waals surface area contributed by atoms with Crippen molar-refractivity contribution in [3.8, 4) is 11.3 Å². The summed E-state index contributed by atoms with van der Waals surface area (Å²) in [6, 6.07) is 7.79. The molecule has 21 heavy (non-hydrogen) atoms. The lowest BCUT2D eigenvalue weighted by atomic mass is 9.92. The van der Waals surface area contributed by atoms with Gasteiger partial charge in [0.05, 0.1) is 11.8 Å². The summed E-state index contributed by atoms with van der Waals surface area (Å²) in [5.74, 6) is 0.492. The second-order valence-electron chi connectivity index (χ2n) is 5.60. The second-order valence-corrected chi connectivity index (χ2v) is 5.60. The molecule has 2 atom stereocenters. The van der Waals surface area contributed by atoms with E-state index in [0.29, 0.717) is 11.3 Å². The summed E-state index contributed by atoms with van der Waals surface area (Å²) in [6.07, 6.45) is 4.51. The molecule has 1 fully saturated rings. The minimum atomic E-state index is -0.223. The Balaban J connectivity index is 1.67. The Bertz CT molecular complexity index is 660. The molecule has 3 heterocycles. The molecule has 0 amide bonds. The molecule has 1 saturated heterocycles. The first-order chi connectivity index (χ1) is 10.3. The van der Waals surface area contributed by atoms with Gasteiger partial charge in [0.1, 0.15) is 6.10 Å². The summed E-state index contributed by atoms with van der Waals surface area (Å²) in [4.78, 5) is 12.2. The van der Waals surface area contributed by atoms with Crippen molar-refractivity contribution in [1.29, 1.82) is 0 Å².